The molecule has 0 bridgehead atoms. The van der Waals surface area contributed by atoms with Crippen LogP contribution in [0.1, 0.15) is 16.8 Å². The van der Waals surface area contributed by atoms with Gasteiger partial charge >= 0.3 is 0 Å². The van der Waals surface area contributed by atoms with Gasteiger partial charge in [0.2, 0.25) is 0 Å². The summed E-state index contributed by atoms with van der Waals surface area (Å²) in [6.07, 6.45) is 3.37. The molecule has 0 saturated carbocycles. The normalized spacial score (nSPS) is 9.42. The molecule has 0 N–H and O–H groups in total. The van der Waals surface area contributed by atoms with E-state index in [4.69, 9.17) is 11.6 Å². The van der Waals surface area contributed by atoms with Crippen LogP contribution in [0, 0.1) is 0 Å². The highest BCUT2D eigenvalue weighted by Crippen LogP contribution is 2.07. The van der Waals surface area contributed by atoms with E-state index >= 15 is 0 Å². The average Bonchev–Trinajstić information content (AvgIpc) is 2.06. The van der Waals surface area contributed by atoms with Crippen LogP contribution >= 0.6 is 11.6 Å². The van der Waals surface area contributed by atoms with Gasteiger partial charge in [-0.1, -0.05) is 17.7 Å². The van der Waals surface area contributed by atoms with Crippen LogP contribution in [0.25, 0.3) is 0 Å². The first kappa shape index (κ1) is 8.94. The zero-order chi connectivity index (χ0) is 8.97. The lowest BCUT2D eigenvalue weighted by molar-refractivity contribution is 0.0995. The van der Waals surface area contributed by atoms with Crippen molar-refractivity contribution in [3.8, 4) is 0 Å². The van der Waals surface area contributed by atoms with E-state index in [9.17, 15) is 4.79 Å². The fourth-order valence-electron chi connectivity index (χ4n) is 0.790. The fraction of sp³-hybridized carbons (Fsp3) is 0.111. The number of rotatable bonds is 3. The highest BCUT2D eigenvalue weighted by Gasteiger charge is 2.02. The van der Waals surface area contributed by atoms with Gasteiger partial charge in [-0.15, -0.1) is 6.58 Å². The number of hydrogen-bond acceptors (Lipinski definition) is 2. The summed E-state index contributed by atoms with van der Waals surface area (Å²) >= 11 is 5.55. The lowest BCUT2D eigenvalue weighted by atomic mass is 10.1. The van der Waals surface area contributed by atoms with E-state index in [-0.39, 0.29) is 5.78 Å². The molecule has 0 atom stereocenters. The maximum atomic E-state index is 11.2. The molecule has 0 aliphatic rings. The Kier molecular flexibility index (Phi) is 3.00. The number of hydrogen-bond donors (Lipinski definition) is 0. The minimum absolute atomic E-state index is 0.00849. The summed E-state index contributed by atoms with van der Waals surface area (Å²) in [5.74, 6) is 0.00849. The Morgan fingerprint density at radius 1 is 1.67 bits per heavy atom. The van der Waals surface area contributed by atoms with Crippen molar-refractivity contribution < 1.29 is 4.79 Å². The molecule has 0 unspecified atom stereocenters. The summed E-state index contributed by atoms with van der Waals surface area (Å²) in [6, 6.07) is 3.25. The number of pyridine rings is 1. The van der Waals surface area contributed by atoms with Crippen molar-refractivity contribution in [2.24, 2.45) is 0 Å². The molecule has 0 spiro atoms. The zero-order valence-corrected chi connectivity index (χ0v) is 7.21. The average molecular weight is 182 g/mol. The van der Waals surface area contributed by atoms with Crippen LogP contribution in [0.2, 0.25) is 5.15 Å². The smallest absolute Gasteiger partial charge is 0.168 e. The van der Waals surface area contributed by atoms with E-state index in [0.29, 0.717) is 17.1 Å². The summed E-state index contributed by atoms with van der Waals surface area (Å²) in [6.45, 7) is 3.48. The van der Waals surface area contributed by atoms with Crippen LogP contribution in [0.3, 0.4) is 0 Å². The molecule has 1 rings (SSSR count). The first-order chi connectivity index (χ1) is 5.74. The molecule has 1 aromatic heterocycles. The van der Waals surface area contributed by atoms with Crippen LogP contribution in [0.5, 0.6) is 0 Å². The van der Waals surface area contributed by atoms with Crippen LogP contribution in [0.4, 0.5) is 0 Å². The number of halogens is 1. The molecule has 0 fully saturated rings. The second kappa shape index (κ2) is 4.02. The molecular formula is C9H8ClNO. The monoisotopic (exact) mass is 181 g/mol. The van der Waals surface area contributed by atoms with Crippen molar-refractivity contribution in [1.82, 2.24) is 4.98 Å². The molecule has 1 heterocycles. The van der Waals surface area contributed by atoms with Crippen LogP contribution < -0.4 is 0 Å². The molecule has 0 aromatic carbocycles. The maximum absolute atomic E-state index is 11.2. The van der Waals surface area contributed by atoms with Gasteiger partial charge in [-0.25, -0.2) is 4.98 Å². The van der Waals surface area contributed by atoms with Gasteiger partial charge in [0.05, 0.1) is 0 Å². The molecule has 0 aliphatic heterocycles. The number of carbonyl (C=O) groups is 1. The molecular weight excluding hydrogens is 174 g/mol. The summed E-state index contributed by atoms with van der Waals surface area (Å²) in [5.41, 5.74) is 0.569. The molecule has 0 amide bonds. The van der Waals surface area contributed by atoms with E-state index in [2.05, 4.69) is 11.6 Å². The van der Waals surface area contributed by atoms with Gasteiger partial charge in [0.15, 0.2) is 5.78 Å². The molecule has 12 heavy (non-hydrogen) atoms. The van der Waals surface area contributed by atoms with Gasteiger partial charge in [0.1, 0.15) is 5.15 Å². The summed E-state index contributed by atoms with van der Waals surface area (Å²) in [7, 11) is 0. The highest BCUT2D eigenvalue weighted by atomic mass is 35.5. The topological polar surface area (TPSA) is 30.0 Å². The van der Waals surface area contributed by atoms with Gasteiger partial charge in [0.25, 0.3) is 0 Å². The van der Waals surface area contributed by atoms with Crippen molar-refractivity contribution in [1.29, 1.82) is 0 Å². The van der Waals surface area contributed by atoms with Crippen LogP contribution in [-0.4, -0.2) is 10.8 Å². The Hall–Kier alpha value is -1.15. The summed E-state index contributed by atoms with van der Waals surface area (Å²) in [5, 5.41) is 0.394. The minimum Gasteiger partial charge on any atom is -0.294 e. The number of ketones is 1. The second-order valence-corrected chi connectivity index (χ2v) is 2.67. The molecule has 0 radical (unpaired) electrons. The Balaban J connectivity index is 2.82. The molecule has 62 valence electrons. The molecule has 0 saturated heterocycles. The first-order valence-corrected chi connectivity index (χ1v) is 3.87. The van der Waals surface area contributed by atoms with E-state index in [1.807, 2.05) is 0 Å². The standard InChI is InChI=1S/C9H8ClNO/c1-2-3-8(12)7-4-5-9(10)11-6-7/h2,4-6H,1,3H2. The number of carbonyl (C=O) groups excluding carboxylic acids is 1. The van der Waals surface area contributed by atoms with Crippen molar-refractivity contribution in [2.45, 2.75) is 6.42 Å². The largest absolute Gasteiger partial charge is 0.294 e. The van der Waals surface area contributed by atoms with Crippen LogP contribution in [-0.2, 0) is 0 Å². The Morgan fingerprint density at radius 2 is 2.42 bits per heavy atom. The Labute approximate surface area is 75.9 Å². The number of allylic oxidation sites excluding steroid dienone is 1. The van der Waals surface area contributed by atoms with E-state index in [1.165, 1.54) is 6.20 Å². The van der Waals surface area contributed by atoms with Crippen molar-refractivity contribution in [3.05, 3.63) is 41.7 Å². The van der Waals surface area contributed by atoms with Gasteiger partial charge in [-0.3, -0.25) is 4.79 Å². The predicted molar refractivity (Wildman–Crippen MR) is 48.4 cm³/mol. The first-order valence-electron chi connectivity index (χ1n) is 3.49. The molecule has 0 aliphatic carbocycles. The van der Waals surface area contributed by atoms with Crippen LogP contribution in [0.15, 0.2) is 31.0 Å². The lowest BCUT2D eigenvalue weighted by Crippen LogP contribution is -1.96. The fourth-order valence-corrected chi connectivity index (χ4v) is 0.901. The Morgan fingerprint density at radius 3 is 2.92 bits per heavy atom. The molecule has 2 nitrogen and oxygen atoms in total. The number of nitrogens with zero attached hydrogens (tertiary/aromatic N) is 1. The predicted octanol–water partition coefficient (Wildman–Crippen LogP) is 2.49. The summed E-state index contributed by atoms with van der Waals surface area (Å²) < 4.78 is 0. The van der Waals surface area contributed by atoms with E-state index in [0.717, 1.165) is 0 Å². The second-order valence-electron chi connectivity index (χ2n) is 2.29. The highest BCUT2D eigenvalue weighted by molar-refractivity contribution is 6.29. The quantitative estimate of drug-likeness (QED) is 0.408. The van der Waals surface area contributed by atoms with E-state index in [1.54, 1.807) is 18.2 Å². The van der Waals surface area contributed by atoms with Gasteiger partial charge in [-0.05, 0) is 12.1 Å². The van der Waals surface area contributed by atoms with Crippen molar-refractivity contribution >= 4 is 17.4 Å². The maximum Gasteiger partial charge on any atom is 0.168 e. The van der Waals surface area contributed by atoms with Crippen molar-refractivity contribution in [2.75, 3.05) is 0 Å². The summed E-state index contributed by atoms with van der Waals surface area (Å²) in [4.78, 5) is 15.0. The van der Waals surface area contributed by atoms with Crippen molar-refractivity contribution in [3.63, 3.8) is 0 Å². The van der Waals surface area contributed by atoms with Gasteiger partial charge in [0, 0.05) is 18.2 Å². The molecule has 3 heteroatoms. The minimum atomic E-state index is 0.00849. The zero-order valence-electron chi connectivity index (χ0n) is 6.46. The third kappa shape index (κ3) is 2.17. The molecule has 1 aromatic rings. The third-order valence-corrected chi connectivity index (χ3v) is 1.60. The SMILES string of the molecule is C=CCC(=O)c1ccc(Cl)nc1. The number of Topliss-reactive ketones (excluding diaryl/α,β-unsaturated/α-hetero) is 1. The number of aromatic nitrogens is 1. The third-order valence-electron chi connectivity index (χ3n) is 1.38. The van der Waals surface area contributed by atoms with E-state index < -0.39 is 0 Å². The van der Waals surface area contributed by atoms with Gasteiger partial charge in [-0.2, -0.15) is 0 Å². The van der Waals surface area contributed by atoms with Gasteiger partial charge < -0.3 is 0 Å². The lowest BCUT2D eigenvalue weighted by Gasteiger charge is -1.95. The Bertz CT molecular complexity index is 292.